The molecule has 3 N–H and O–H groups in total. The topological polar surface area (TPSA) is 72.0 Å². The first-order chi connectivity index (χ1) is 8.56. The largest absolute Gasteiger partial charge is 0.454 e. The Balaban J connectivity index is 2.21. The molecule has 1 aromatic heterocycles. The van der Waals surface area contributed by atoms with Crippen LogP contribution in [0, 0.1) is 5.41 Å². The summed E-state index contributed by atoms with van der Waals surface area (Å²) in [7, 11) is 0. The highest BCUT2D eigenvalue weighted by Gasteiger charge is 2.05. The number of nitrogens with two attached hydrogens (primary N) is 1. The Morgan fingerprint density at radius 3 is 2.56 bits per heavy atom. The van der Waals surface area contributed by atoms with Gasteiger partial charge in [-0.1, -0.05) is 23.2 Å². The summed E-state index contributed by atoms with van der Waals surface area (Å²) in [5.74, 6) is 0.897. The number of amidine groups is 1. The SMILES string of the molecule is N=C(N)c1ccc(Oc2ccc(Cl)cc2Cl)cn1. The number of halogens is 2. The molecule has 0 radical (unpaired) electrons. The van der Waals surface area contributed by atoms with Gasteiger partial charge in [0.2, 0.25) is 0 Å². The predicted octanol–water partition coefficient (Wildman–Crippen LogP) is 3.46. The summed E-state index contributed by atoms with van der Waals surface area (Å²) in [6.45, 7) is 0. The quantitative estimate of drug-likeness (QED) is 0.668. The van der Waals surface area contributed by atoms with E-state index in [0.717, 1.165) is 0 Å². The van der Waals surface area contributed by atoms with Crippen molar-refractivity contribution in [3.05, 3.63) is 52.3 Å². The zero-order chi connectivity index (χ0) is 13.1. The van der Waals surface area contributed by atoms with Crippen LogP contribution in [0.2, 0.25) is 10.0 Å². The van der Waals surface area contributed by atoms with Gasteiger partial charge in [-0.3, -0.25) is 5.41 Å². The Morgan fingerprint density at radius 2 is 2.00 bits per heavy atom. The summed E-state index contributed by atoms with van der Waals surface area (Å²) >= 11 is 11.8. The molecule has 4 nitrogen and oxygen atoms in total. The second-order valence-corrected chi connectivity index (χ2v) is 4.31. The molecular weight excluding hydrogens is 273 g/mol. The van der Waals surface area contributed by atoms with Crippen LogP contribution in [0.25, 0.3) is 0 Å². The van der Waals surface area contributed by atoms with Crippen LogP contribution in [0.1, 0.15) is 5.69 Å². The van der Waals surface area contributed by atoms with Gasteiger partial charge in [0.25, 0.3) is 0 Å². The van der Waals surface area contributed by atoms with Gasteiger partial charge in [0.1, 0.15) is 23.0 Å². The molecular formula is C12H9Cl2N3O. The first-order valence-electron chi connectivity index (χ1n) is 4.99. The van der Waals surface area contributed by atoms with Gasteiger partial charge in [-0.2, -0.15) is 0 Å². The van der Waals surface area contributed by atoms with Crippen LogP contribution in [0.4, 0.5) is 0 Å². The molecule has 0 amide bonds. The zero-order valence-electron chi connectivity index (χ0n) is 9.15. The lowest BCUT2D eigenvalue weighted by Gasteiger charge is -2.07. The number of rotatable bonds is 3. The zero-order valence-corrected chi connectivity index (χ0v) is 10.7. The Morgan fingerprint density at radius 1 is 1.22 bits per heavy atom. The number of benzene rings is 1. The number of ether oxygens (including phenoxy) is 1. The Labute approximate surface area is 114 Å². The Hall–Kier alpha value is -1.78. The number of nitrogens with zero attached hydrogens (tertiary/aromatic N) is 1. The van der Waals surface area contributed by atoms with Crippen LogP contribution in [0.5, 0.6) is 11.5 Å². The Bertz CT molecular complexity index is 584. The fourth-order valence-electron chi connectivity index (χ4n) is 1.28. The molecule has 0 spiro atoms. The number of aromatic nitrogens is 1. The minimum absolute atomic E-state index is 0.0916. The third-order valence-corrected chi connectivity index (χ3v) is 2.66. The number of nitrogen functional groups attached to an aromatic ring is 1. The summed E-state index contributed by atoms with van der Waals surface area (Å²) in [5.41, 5.74) is 5.69. The molecule has 0 saturated heterocycles. The van der Waals surface area contributed by atoms with E-state index in [9.17, 15) is 0 Å². The van der Waals surface area contributed by atoms with Crippen molar-refractivity contribution in [1.82, 2.24) is 4.98 Å². The first-order valence-corrected chi connectivity index (χ1v) is 5.75. The van der Waals surface area contributed by atoms with E-state index in [1.54, 1.807) is 30.3 Å². The number of nitrogens with one attached hydrogen (secondary N) is 1. The van der Waals surface area contributed by atoms with Crippen molar-refractivity contribution in [2.24, 2.45) is 5.73 Å². The highest BCUT2D eigenvalue weighted by molar-refractivity contribution is 6.35. The first kappa shape index (κ1) is 12.7. The van der Waals surface area contributed by atoms with E-state index in [0.29, 0.717) is 27.2 Å². The standard InChI is InChI=1S/C12H9Cl2N3O/c13-7-1-4-11(9(14)5-7)18-8-2-3-10(12(15)16)17-6-8/h1-6H,(H3,15,16). The van der Waals surface area contributed by atoms with E-state index in [2.05, 4.69) is 4.98 Å². The number of hydrogen-bond acceptors (Lipinski definition) is 3. The van der Waals surface area contributed by atoms with E-state index in [1.807, 2.05) is 0 Å². The lowest BCUT2D eigenvalue weighted by atomic mass is 10.3. The third kappa shape index (κ3) is 2.91. The van der Waals surface area contributed by atoms with Crippen molar-refractivity contribution in [3.63, 3.8) is 0 Å². The predicted molar refractivity (Wildman–Crippen MR) is 71.8 cm³/mol. The average Bonchev–Trinajstić information content (AvgIpc) is 2.33. The van der Waals surface area contributed by atoms with Crippen LogP contribution >= 0.6 is 23.2 Å². The average molecular weight is 282 g/mol. The fourth-order valence-corrected chi connectivity index (χ4v) is 1.73. The third-order valence-electron chi connectivity index (χ3n) is 2.13. The van der Waals surface area contributed by atoms with Gasteiger partial charge in [-0.15, -0.1) is 0 Å². The molecule has 2 rings (SSSR count). The van der Waals surface area contributed by atoms with Crippen LogP contribution in [0.15, 0.2) is 36.5 Å². The molecule has 6 heteroatoms. The second-order valence-electron chi connectivity index (χ2n) is 3.47. The lowest BCUT2D eigenvalue weighted by Crippen LogP contribution is -2.12. The maximum atomic E-state index is 7.22. The molecule has 18 heavy (non-hydrogen) atoms. The van der Waals surface area contributed by atoms with Crippen LogP contribution in [-0.4, -0.2) is 10.8 Å². The van der Waals surface area contributed by atoms with Gasteiger partial charge in [0.05, 0.1) is 11.2 Å². The fraction of sp³-hybridized carbons (Fsp3) is 0. The molecule has 0 fully saturated rings. The second kappa shape index (κ2) is 5.25. The van der Waals surface area contributed by atoms with E-state index >= 15 is 0 Å². The highest BCUT2D eigenvalue weighted by Crippen LogP contribution is 2.31. The molecule has 2 aromatic rings. The molecule has 0 saturated carbocycles. The lowest BCUT2D eigenvalue weighted by molar-refractivity contribution is 0.480. The van der Waals surface area contributed by atoms with Gasteiger partial charge < -0.3 is 10.5 Å². The number of pyridine rings is 1. The summed E-state index contributed by atoms with van der Waals surface area (Å²) in [5, 5.41) is 8.18. The maximum Gasteiger partial charge on any atom is 0.146 e. The van der Waals surface area contributed by atoms with Gasteiger partial charge in [0.15, 0.2) is 0 Å². The molecule has 92 valence electrons. The molecule has 0 aliphatic heterocycles. The minimum Gasteiger partial charge on any atom is -0.454 e. The molecule has 0 bridgehead atoms. The minimum atomic E-state index is -0.0916. The van der Waals surface area contributed by atoms with Crippen molar-refractivity contribution < 1.29 is 4.74 Å². The van der Waals surface area contributed by atoms with Gasteiger partial charge >= 0.3 is 0 Å². The van der Waals surface area contributed by atoms with Gasteiger partial charge in [-0.05, 0) is 30.3 Å². The van der Waals surface area contributed by atoms with Crippen LogP contribution < -0.4 is 10.5 Å². The smallest absolute Gasteiger partial charge is 0.146 e. The van der Waals surface area contributed by atoms with Gasteiger partial charge in [-0.25, -0.2) is 4.98 Å². The van der Waals surface area contributed by atoms with Crippen molar-refractivity contribution >= 4 is 29.0 Å². The normalized spacial score (nSPS) is 10.1. The molecule has 0 aliphatic carbocycles. The summed E-state index contributed by atoms with van der Waals surface area (Å²) in [4.78, 5) is 3.98. The molecule has 1 aromatic carbocycles. The van der Waals surface area contributed by atoms with Crippen molar-refractivity contribution in [3.8, 4) is 11.5 Å². The summed E-state index contributed by atoms with van der Waals surface area (Å²) in [6.07, 6.45) is 1.47. The highest BCUT2D eigenvalue weighted by atomic mass is 35.5. The number of hydrogen-bond donors (Lipinski definition) is 2. The van der Waals surface area contributed by atoms with Crippen LogP contribution in [0.3, 0.4) is 0 Å². The van der Waals surface area contributed by atoms with Gasteiger partial charge in [0, 0.05) is 5.02 Å². The van der Waals surface area contributed by atoms with E-state index in [1.165, 1.54) is 6.20 Å². The molecule has 0 atom stereocenters. The van der Waals surface area contributed by atoms with E-state index in [-0.39, 0.29) is 5.84 Å². The Kier molecular flexibility index (Phi) is 3.69. The molecule has 0 aliphatic rings. The van der Waals surface area contributed by atoms with Crippen molar-refractivity contribution in [2.45, 2.75) is 0 Å². The maximum absolute atomic E-state index is 7.22. The van der Waals surface area contributed by atoms with Crippen LogP contribution in [-0.2, 0) is 0 Å². The van der Waals surface area contributed by atoms with E-state index < -0.39 is 0 Å². The summed E-state index contributed by atoms with van der Waals surface area (Å²) < 4.78 is 5.53. The van der Waals surface area contributed by atoms with Crippen molar-refractivity contribution in [1.29, 1.82) is 5.41 Å². The molecule has 0 unspecified atom stereocenters. The molecule has 1 heterocycles. The van der Waals surface area contributed by atoms with Crippen molar-refractivity contribution in [2.75, 3.05) is 0 Å². The van der Waals surface area contributed by atoms with E-state index in [4.69, 9.17) is 39.1 Å². The monoisotopic (exact) mass is 281 g/mol. The summed E-state index contributed by atoms with van der Waals surface area (Å²) in [6, 6.07) is 8.20.